The first kappa shape index (κ1) is 23.1. The maximum atomic E-state index is 6.29. The smallest absolute Gasteiger partial charge is 0.0541 e. The molecular weight excluding hydrogens is 506 g/mol. The molecule has 2 heteroatoms. The second-order valence-electron chi connectivity index (χ2n) is 10.3. The zero-order valence-corrected chi connectivity index (χ0v) is 22.4. The maximum absolute atomic E-state index is 6.29. The third kappa shape index (κ3) is 3.63. The number of nitrogens with zero attached hydrogens (tertiary/aromatic N) is 1. The van der Waals surface area contributed by atoms with E-state index in [9.17, 15) is 0 Å². The molecule has 8 rings (SSSR count). The van der Waals surface area contributed by atoms with Gasteiger partial charge in [-0.1, -0.05) is 109 Å². The molecule has 0 atom stereocenters. The van der Waals surface area contributed by atoms with Crippen LogP contribution in [0, 0.1) is 0 Å². The highest BCUT2D eigenvalue weighted by molar-refractivity contribution is 6.30. The predicted molar refractivity (Wildman–Crippen MR) is 172 cm³/mol. The van der Waals surface area contributed by atoms with E-state index in [2.05, 4.69) is 138 Å². The number of benzene rings is 7. The van der Waals surface area contributed by atoms with E-state index >= 15 is 0 Å². The molecule has 1 nitrogen and oxygen atoms in total. The van der Waals surface area contributed by atoms with Crippen LogP contribution in [0.4, 0.5) is 0 Å². The van der Waals surface area contributed by atoms with Gasteiger partial charge in [-0.2, -0.15) is 0 Å². The zero-order chi connectivity index (χ0) is 26.6. The molecule has 0 bridgehead atoms. The molecule has 40 heavy (non-hydrogen) atoms. The first-order chi connectivity index (χ1) is 19.7. The average Bonchev–Trinajstić information content (AvgIpc) is 3.35. The third-order valence-corrected chi connectivity index (χ3v) is 8.26. The highest BCUT2D eigenvalue weighted by Gasteiger charge is 2.16. The second-order valence-corrected chi connectivity index (χ2v) is 10.8. The summed E-state index contributed by atoms with van der Waals surface area (Å²) in [5.41, 5.74) is 8.25. The molecule has 0 aliphatic carbocycles. The summed E-state index contributed by atoms with van der Waals surface area (Å²) in [7, 11) is 0. The Morgan fingerprint density at radius 3 is 1.65 bits per heavy atom. The molecule has 0 aliphatic rings. The summed E-state index contributed by atoms with van der Waals surface area (Å²) in [6.07, 6.45) is 0. The Kier molecular flexibility index (Phi) is 5.26. The molecule has 0 unspecified atom stereocenters. The van der Waals surface area contributed by atoms with E-state index in [1.54, 1.807) is 0 Å². The summed E-state index contributed by atoms with van der Waals surface area (Å²) < 4.78 is 2.40. The topological polar surface area (TPSA) is 4.93 Å². The van der Waals surface area contributed by atoms with Gasteiger partial charge in [-0.3, -0.25) is 0 Å². The zero-order valence-electron chi connectivity index (χ0n) is 21.7. The number of rotatable bonds is 3. The van der Waals surface area contributed by atoms with Crippen LogP contribution >= 0.6 is 11.6 Å². The van der Waals surface area contributed by atoms with Gasteiger partial charge in [0.2, 0.25) is 0 Å². The standard InChI is InChI=1S/C38H24ClN/c39-29-19-17-25(18-20-29)27-21-28(36-24-26-9-1-2-10-31(26)32-11-3-4-12-33(32)36)23-30(22-27)40-37-15-7-5-13-34(37)35-14-6-8-16-38(35)40/h1-24H. The van der Waals surface area contributed by atoms with Crippen molar-refractivity contribution >= 4 is 55.0 Å². The SMILES string of the molecule is Clc1ccc(-c2cc(-c3cc4ccccc4c4ccccc34)cc(-n3c4ccccc4c4ccccc43)c2)cc1. The maximum Gasteiger partial charge on any atom is 0.0541 e. The van der Waals surface area contributed by atoms with Crippen LogP contribution in [0.15, 0.2) is 146 Å². The molecule has 1 heterocycles. The number of fused-ring (bicyclic) bond motifs is 6. The first-order valence-electron chi connectivity index (χ1n) is 13.5. The lowest BCUT2D eigenvalue weighted by atomic mass is 9.91. The Hall–Kier alpha value is -4.85. The molecule has 0 aliphatic heterocycles. The fourth-order valence-corrected chi connectivity index (χ4v) is 6.32. The van der Waals surface area contributed by atoms with Gasteiger partial charge in [0.05, 0.1) is 11.0 Å². The number of para-hydroxylation sites is 2. The van der Waals surface area contributed by atoms with Crippen LogP contribution in [0.1, 0.15) is 0 Å². The molecule has 8 aromatic rings. The summed E-state index contributed by atoms with van der Waals surface area (Å²) in [4.78, 5) is 0. The molecule has 0 saturated heterocycles. The summed E-state index contributed by atoms with van der Waals surface area (Å²) in [6, 6.07) is 52.2. The lowest BCUT2D eigenvalue weighted by molar-refractivity contribution is 1.18. The Balaban J connectivity index is 1.48. The molecule has 188 valence electrons. The first-order valence-corrected chi connectivity index (χ1v) is 13.9. The monoisotopic (exact) mass is 529 g/mol. The van der Waals surface area contributed by atoms with Crippen molar-refractivity contribution in [1.29, 1.82) is 0 Å². The van der Waals surface area contributed by atoms with Crippen molar-refractivity contribution in [2.24, 2.45) is 0 Å². The molecule has 0 fully saturated rings. The fraction of sp³-hybridized carbons (Fsp3) is 0. The second kappa shape index (κ2) is 9.12. The van der Waals surface area contributed by atoms with Gasteiger partial charge >= 0.3 is 0 Å². The number of hydrogen-bond donors (Lipinski definition) is 0. The minimum absolute atomic E-state index is 0.739. The van der Waals surface area contributed by atoms with E-state index in [0.29, 0.717) is 0 Å². The Morgan fingerprint density at radius 2 is 0.950 bits per heavy atom. The lowest BCUT2D eigenvalue weighted by Crippen LogP contribution is -1.96. The van der Waals surface area contributed by atoms with E-state index < -0.39 is 0 Å². The van der Waals surface area contributed by atoms with Crippen LogP contribution in [0.5, 0.6) is 0 Å². The fourth-order valence-electron chi connectivity index (χ4n) is 6.20. The van der Waals surface area contributed by atoms with Gasteiger partial charge in [0, 0.05) is 21.5 Å². The van der Waals surface area contributed by atoms with Crippen molar-refractivity contribution < 1.29 is 0 Å². The van der Waals surface area contributed by atoms with Crippen LogP contribution in [0.3, 0.4) is 0 Å². The van der Waals surface area contributed by atoms with E-state index in [1.165, 1.54) is 54.5 Å². The van der Waals surface area contributed by atoms with Crippen molar-refractivity contribution in [2.45, 2.75) is 0 Å². The molecule has 0 spiro atoms. The number of aromatic nitrogens is 1. The van der Waals surface area contributed by atoms with Crippen LogP contribution < -0.4 is 0 Å². The number of hydrogen-bond acceptors (Lipinski definition) is 0. The van der Waals surface area contributed by atoms with E-state index in [-0.39, 0.29) is 0 Å². The van der Waals surface area contributed by atoms with E-state index in [4.69, 9.17) is 11.6 Å². The number of halogens is 1. The largest absolute Gasteiger partial charge is 0.309 e. The quantitative estimate of drug-likeness (QED) is 0.200. The summed E-state index contributed by atoms with van der Waals surface area (Å²) >= 11 is 6.29. The van der Waals surface area contributed by atoms with Gasteiger partial charge in [0.25, 0.3) is 0 Å². The van der Waals surface area contributed by atoms with Gasteiger partial charge in [-0.15, -0.1) is 0 Å². The summed E-state index contributed by atoms with van der Waals surface area (Å²) in [6.45, 7) is 0. The van der Waals surface area contributed by atoms with Gasteiger partial charge in [0.1, 0.15) is 0 Å². The Morgan fingerprint density at radius 1 is 0.400 bits per heavy atom. The Bertz CT molecular complexity index is 2170. The molecule has 0 N–H and O–H groups in total. The minimum atomic E-state index is 0.739. The molecule has 0 saturated carbocycles. The van der Waals surface area contributed by atoms with Crippen molar-refractivity contribution in [2.75, 3.05) is 0 Å². The normalized spacial score (nSPS) is 11.6. The van der Waals surface area contributed by atoms with Crippen molar-refractivity contribution in [3.63, 3.8) is 0 Å². The third-order valence-electron chi connectivity index (χ3n) is 8.01. The molecule has 0 amide bonds. The minimum Gasteiger partial charge on any atom is -0.309 e. The van der Waals surface area contributed by atoms with Gasteiger partial charge in [-0.25, -0.2) is 0 Å². The molecular formula is C38H24ClN. The molecule has 7 aromatic carbocycles. The Labute approximate surface area is 237 Å². The van der Waals surface area contributed by atoms with Gasteiger partial charge < -0.3 is 4.57 Å². The van der Waals surface area contributed by atoms with Crippen LogP contribution in [-0.4, -0.2) is 4.57 Å². The average molecular weight is 530 g/mol. The van der Waals surface area contributed by atoms with E-state index in [1.807, 2.05) is 12.1 Å². The highest BCUT2D eigenvalue weighted by atomic mass is 35.5. The van der Waals surface area contributed by atoms with Crippen molar-refractivity contribution in [3.05, 3.63) is 151 Å². The highest BCUT2D eigenvalue weighted by Crippen LogP contribution is 2.39. The van der Waals surface area contributed by atoms with Crippen LogP contribution in [0.25, 0.3) is 71.3 Å². The van der Waals surface area contributed by atoms with E-state index in [0.717, 1.165) is 21.8 Å². The van der Waals surface area contributed by atoms with Crippen molar-refractivity contribution in [3.8, 4) is 27.9 Å². The summed E-state index contributed by atoms with van der Waals surface area (Å²) in [5, 5.41) is 8.29. The van der Waals surface area contributed by atoms with Crippen molar-refractivity contribution in [1.82, 2.24) is 4.57 Å². The molecule has 0 radical (unpaired) electrons. The van der Waals surface area contributed by atoms with Crippen LogP contribution in [0.2, 0.25) is 5.02 Å². The van der Waals surface area contributed by atoms with Gasteiger partial charge in [-0.05, 0) is 92.3 Å². The van der Waals surface area contributed by atoms with Crippen LogP contribution in [-0.2, 0) is 0 Å². The molecule has 1 aromatic heterocycles. The van der Waals surface area contributed by atoms with Gasteiger partial charge in [0.15, 0.2) is 0 Å². The lowest BCUT2D eigenvalue weighted by Gasteiger charge is -2.16. The predicted octanol–water partition coefficient (Wildman–Crippen LogP) is 11.1. The summed E-state index contributed by atoms with van der Waals surface area (Å²) in [5.74, 6) is 0.